The van der Waals surface area contributed by atoms with Crippen molar-refractivity contribution in [3.8, 4) is 17.1 Å². The van der Waals surface area contributed by atoms with E-state index < -0.39 is 64.7 Å². The Hall–Kier alpha value is -5.82. The summed E-state index contributed by atoms with van der Waals surface area (Å²) in [5, 5.41) is 17.2. The molecule has 1 unspecified atom stereocenters. The number of hydrogen-bond donors (Lipinski definition) is 2. The summed E-state index contributed by atoms with van der Waals surface area (Å²) >= 11 is 0. The van der Waals surface area contributed by atoms with Crippen molar-refractivity contribution in [3.05, 3.63) is 98.0 Å². The van der Waals surface area contributed by atoms with Crippen LogP contribution in [0.4, 0.5) is 27.6 Å². The van der Waals surface area contributed by atoms with Gasteiger partial charge in [-0.3, -0.25) is 19.3 Å². The van der Waals surface area contributed by atoms with E-state index >= 15 is 4.39 Å². The lowest BCUT2D eigenvalue weighted by Crippen LogP contribution is -2.47. The molecule has 0 bridgehead atoms. The number of ether oxygens (including phenoxy) is 1. The number of carbonyl (C=O) groups excluding carboxylic acids is 2. The number of aromatic nitrogens is 6. The van der Waals surface area contributed by atoms with Crippen LogP contribution in [-0.4, -0.2) is 82.0 Å². The minimum atomic E-state index is -4.81. The van der Waals surface area contributed by atoms with Gasteiger partial charge in [-0.05, 0) is 94.9 Å². The van der Waals surface area contributed by atoms with Crippen molar-refractivity contribution < 1.29 is 41.4 Å². The highest BCUT2D eigenvalue weighted by Gasteiger charge is 2.51. The Morgan fingerprint density at radius 2 is 1.76 bits per heavy atom. The van der Waals surface area contributed by atoms with Gasteiger partial charge in [-0.25, -0.2) is 18.7 Å². The van der Waals surface area contributed by atoms with E-state index in [0.717, 1.165) is 42.1 Å². The number of aryl methyl sites for hydroxylation is 1. The average molecular weight is 808 g/mol. The van der Waals surface area contributed by atoms with E-state index in [4.69, 9.17) is 4.74 Å². The number of alkyl halides is 3. The number of fused-ring (bicyclic) bond motifs is 3. The Morgan fingerprint density at radius 1 is 1.03 bits per heavy atom. The van der Waals surface area contributed by atoms with Crippen molar-refractivity contribution in [3.63, 3.8) is 0 Å². The van der Waals surface area contributed by atoms with E-state index in [-0.39, 0.29) is 77.6 Å². The normalized spacial score (nSPS) is 18.0. The Labute approximate surface area is 327 Å². The van der Waals surface area contributed by atoms with Crippen molar-refractivity contribution in [1.82, 2.24) is 38.9 Å². The molecular formula is C39H38F5N9O5. The van der Waals surface area contributed by atoms with Crippen LogP contribution in [0.15, 0.2) is 41.5 Å². The Bertz CT molecular complexity index is 2540. The quantitative estimate of drug-likeness (QED) is 0.203. The lowest BCUT2D eigenvalue weighted by molar-refractivity contribution is -0.137. The molecule has 1 spiro atoms. The number of aromatic hydroxyl groups is 1. The van der Waals surface area contributed by atoms with E-state index in [1.807, 2.05) is 0 Å². The predicted molar refractivity (Wildman–Crippen MR) is 197 cm³/mol. The SMILES string of the molecule is Cc1ncnc(C(=O)N2CCC3(CC2)OC(C)c2c3c(=O)n3nc(-c4ccc(CN5CCCC5)c(C)c4F)nc3n2CC(=O)Nc2ccc(C(F)(F)F)cc2F)c1O. The first-order valence-corrected chi connectivity index (χ1v) is 18.7. The van der Waals surface area contributed by atoms with Crippen LogP contribution in [0.5, 0.6) is 5.75 Å². The molecule has 14 nitrogen and oxygen atoms in total. The summed E-state index contributed by atoms with van der Waals surface area (Å²) in [6.07, 6.45) is -2.13. The second-order valence-electron chi connectivity index (χ2n) is 14.9. The number of nitrogens with one attached hydrogen (secondary N) is 1. The van der Waals surface area contributed by atoms with Crippen LogP contribution in [0.3, 0.4) is 0 Å². The van der Waals surface area contributed by atoms with Gasteiger partial charge in [0.1, 0.15) is 30.1 Å². The maximum absolute atomic E-state index is 16.2. The molecule has 19 heteroatoms. The summed E-state index contributed by atoms with van der Waals surface area (Å²) in [4.78, 5) is 57.8. The molecule has 6 heterocycles. The fourth-order valence-corrected chi connectivity index (χ4v) is 8.24. The van der Waals surface area contributed by atoms with Gasteiger partial charge in [-0.15, -0.1) is 5.10 Å². The highest BCUT2D eigenvalue weighted by Crippen LogP contribution is 2.48. The van der Waals surface area contributed by atoms with Crippen molar-refractivity contribution in [2.24, 2.45) is 0 Å². The van der Waals surface area contributed by atoms with Crippen molar-refractivity contribution >= 4 is 23.3 Å². The van der Waals surface area contributed by atoms with Gasteiger partial charge in [0, 0.05) is 19.6 Å². The highest BCUT2D eigenvalue weighted by atomic mass is 19.4. The molecule has 3 aromatic heterocycles. The maximum atomic E-state index is 16.2. The average Bonchev–Trinajstić information content (AvgIpc) is 3.93. The number of piperidine rings is 1. The van der Waals surface area contributed by atoms with E-state index in [9.17, 15) is 37.1 Å². The zero-order chi connectivity index (χ0) is 41.3. The molecule has 3 aliphatic rings. The number of hydrogen-bond acceptors (Lipinski definition) is 10. The Kier molecular flexibility index (Phi) is 9.78. The molecule has 2 fully saturated rings. The molecule has 0 saturated carbocycles. The maximum Gasteiger partial charge on any atom is 0.416 e. The number of likely N-dealkylation sites (tertiary alicyclic amines) is 2. The summed E-state index contributed by atoms with van der Waals surface area (Å²) in [5.74, 6) is -3.96. The smallest absolute Gasteiger partial charge is 0.416 e. The van der Waals surface area contributed by atoms with Gasteiger partial charge in [0.2, 0.25) is 11.7 Å². The van der Waals surface area contributed by atoms with E-state index in [1.165, 1.54) is 22.7 Å². The van der Waals surface area contributed by atoms with Gasteiger partial charge in [-0.1, -0.05) is 6.07 Å². The number of carbonyl (C=O) groups is 2. The number of halogens is 5. The molecule has 304 valence electrons. The number of nitrogens with zero attached hydrogens (tertiary/aromatic N) is 8. The van der Waals surface area contributed by atoms with Gasteiger partial charge in [0.05, 0.1) is 39.9 Å². The predicted octanol–water partition coefficient (Wildman–Crippen LogP) is 5.42. The number of amides is 2. The summed E-state index contributed by atoms with van der Waals surface area (Å²) in [6.45, 7) is 6.78. The molecule has 2 N–H and O–H groups in total. The molecule has 5 aromatic rings. The van der Waals surface area contributed by atoms with Gasteiger partial charge in [0.15, 0.2) is 17.3 Å². The van der Waals surface area contributed by atoms with E-state index in [1.54, 1.807) is 26.0 Å². The second kappa shape index (κ2) is 14.5. The van der Waals surface area contributed by atoms with Crippen molar-refractivity contribution in [1.29, 1.82) is 0 Å². The summed E-state index contributed by atoms with van der Waals surface area (Å²) in [7, 11) is 0. The van der Waals surface area contributed by atoms with Crippen LogP contribution in [0, 0.1) is 25.5 Å². The molecule has 0 aliphatic carbocycles. The minimum absolute atomic E-state index is 0.0165. The molecule has 2 amide bonds. The summed E-state index contributed by atoms with van der Waals surface area (Å²) < 4.78 is 79.5. The third-order valence-corrected chi connectivity index (χ3v) is 11.3. The Morgan fingerprint density at radius 3 is 2.45 bits per heavy atom. The standard InChI is InChI=1S/C39H38F5N9O5/c1-20-23(17-50-12-4-5-13-50)6-8-25(30(20)41)34-48-37-52(18-28(54)47-27-9-7-24(16-26(27)40)39(42,43)44)32-22(3)58-38(29(32)35(56)53(37)49-34)10-14-51(15-11-38)36(57)31-33(55)21(2)45-19-46-31/h6-9,16,19,22,55H,4-5,10-15,17-18H2,1-3H3,(H,47,54). The molecule has 2 saturated heterocycles. The van der Waals surface area contributed by atoms with E-state index in [2.05, 4.69) is 30.3 Å². The molecule has 3 aliphatic heterocycles. The minimum Gasteiger partial charge on any atom is -0.504 e. The first-order chi connectivity index (χ1) is 27.6. The Balaban J connectivity index is 1.19. The number of anilines is 1. The van der Waals surface area contributed by atoms with Crippen LogP contribution in [0.2, 0.25) is 0 Å². The van der Waals surface area contributed by atoms with E-state index in [0.29, 0.717) is 18.2 Å². The number of benzene rings is 2. The highest BCUT2D eigenvalue weighted by molar-refractivity contribution is 5.95. The van der Waals surface area contributed by atoms with Crippen molar-refractivity contribution in [2.75, 3.05) is 31.5 Å². The largest absolute Gasteiger partial charge is 0.504 e. The topological polar surface area (TPSA) is 160 Å². The molecule has 0 radical (unpaired) electrons. The first kappa shape index (κ1) is 39.0. The third kappa shape index (κ3) is 6.74. The molecular weight excluding hydrogens is 769 g/mol. The van der Waals surface area contributed by atoms with Crippen LogP contribution in [0.25, 0.3) is 17.2 Å². The lowest BCUT2D eigenvalue weighted by atomic mass is 9.85. The first-order valence-electron chi connectivity index (χ1n) is 18.7. The fourth-order valence-electron chi connectivity index (χ4n) is 8.24. The van der Waals surface area contributed by atoms with Gasteiger partial charge < -0.3 is 24.6 Å². The monoisotopic (exact) mass is 807 g/mol. The van der Waals surface area contributed by atoms with Gasteiger partial charge >= 0.3 is 6.18 Å². The molecule has 58 heavy (non-hydrogen) atoms. The number of rotatable bonds is 7. The van der Waals surface area contributed by atoms with Crippen LogP contribution >= 0.6 is 0 Å². The van der Waals surface area contributed by atoms with Crippen LogP contribution in [0.1, 0.15) is 82.8 Å². The van der Waals surface area contributed by atoms with Crippen molar-refractivity contribution in [2.45, 2.75) is 77.4 Å². The lowest BCUT2D eigenvalue weighted by Gasteiger charge is -2.39. The fraction of sp³-hybridized carbons (Fsp3) is 0.410. The molecule has 1 atom stereocenters. The van der Waals surface area contributed by atoms with Gasteiger partial charge in [0.25, 0.3) is 11.5 Å². The van der Waals surface area contributed by atoms with Crippen LogP contribution in [-0.2, 0) is 34.4 Å². The van der Waals surface area contributed by atoms with Gasteiger partial charge in [-0.2, -0.15) is 22.7 Å². The molecule has 8 rings (SSSR count). The zero-order valence-electron chi connectivity index (χ0n) is 31.7. The van der Waals surface area contributed by atoms with Crippen LogP contribution < -0.4 is 10.9 Å². The molecule has 2 aromatic carbocycles. The zero-order valence-corrected chi connectivity index (χ0v) is 31.7. The summed E-state index contributed by atoms with van der Waals surface area (Å²) in [5.41, 5.74) is -2.07. The second-order valence-corrected chi connectivity index (χ2v) is 14.9. The third-order valence-electron chi connectivity index (χ3n) is 11.3. The summed E-state index contributed by atoms with van der Waals surface area (Å²) in [6, 6.07) is 5.04.